The maximum absolute atomic E-state index is 5.57. The third kappa shape index (κ3) is 1.83. The molecule has 24 heavy (non-hydrogen) atoms. The fraction of sp³-hybridized carbons (Fsp3) is 0.150. The van der Waals surface area contributed by atoms with Crippen LogP contribution in [-0.2, 0) is 6.42 Å². The number of fused-ring (bicyclic) bond motifs is 4. The Hall–Kier alpha value is -3.01. The van der Waals surface area contributed by atoms with Gasteiger partial charge in [-0.25, -0.2) is 4.52 Å². The highest BCUT2D eigenvalue weighted by atomic mass is 16.7. The van der Waals surface area contributed by atoms with Crippen molar-refractivity contribution in [1.29, 1.82) is 0 Å². The third-order valence-corrected chi connectivity index (χ3v) is 4.62. The van der Waals surface area contributed by atoms with Gasteiger partial charge < -0.3 is 9.47 Å². The molecule has 2 aromatic carbocycles. The molecule has 0 unspecified atom stereocenters. The van der Waals surface area contributed by atoms with Gasteiger partial charge in [-0.3, -0.25) is 0 Å². The van der Waals surface area contributed by atoms with Gasteiger partial charge in [-0.1, -0.05) is 37.3 Å². The molecule has 0 atom stereocenters. The van der Waals surface area contributed by atoms with E-state index in [1.165, 1.54) is 5.56 Å². The Labute approximate surface area is 139 Å². The van der Waals surface area contributed by atoms with Crippen LogP contribution in [-0.4, -0.2) is 16.4 Å². The smallest absolute Gasteiger partial charge is 0.231 e. The van der Waals surface area contributed by atoms with Gasteiger partial charge in [-0.05, 0) is 35.6 Å². The summed E-state index contributed by atoms with van der Waals surface area (Å²) in [6, 6.07) is 16.7. The van der Waals surface area contributed by atoms with Crippen molar-refractivity contribution in [1.82, 2.24) is 9.61 Å². The first-order valence-electron chi connectivity index (χ1n) is 8.13. The largest absolute Gasteiger partial charge is 0.454 e. The lowest BCUT2D eigenvalue weighted by atomic mass is 10.0. The molecule has 0 saturated heterocycles. The number of pyridine rings is 1. The zero-order chi connectivity index (χ0) is 16.1. The number of ether oxygens (including phenoxy) is 2. The second kappa shape index (κ2) is 4.99. The van der Waals surface area contributed by atoms with E-state index >= 15 is 0 Å². The van der Waals surface area contributed by atoms with Gasteiger partial charge in [-0.2, -0.15) is 5.10 Å². The lowest BCUT2D eigenvalue weighted by Crippen LogP contribution is -1.96. The molecule has 1 aliphatic heterocycles. The van der Waals surface area contributed by atoms with E-state index < -0.39 is 0 Å². The number of hydrogen-bond donors (Lipinski definition) is 0. The fourth-order valence-corrected chi connectivity index (χ4v) is 3.42. The molecule has 0 radical (unpaired) electrons. The number of nitrogens with zero attached hydrogens (tertiary/aromatic N) is 2. The summed E-state index contributed by atoms with van der Waals surface area (Å²) in [4.78, 5) is 0. The summed E-state index contributed by atoms with van der Waals surface area (Å²) in [5.41, 5.74) is 4.60. The molecule has 118 valence electrons. The monoisotopic (exact) mass is 316 g/mol. The van der Waals surface area contributed by atoms with Gasteiger partial charge in [-0.15, -0.1) is 0 Å². The van der Waals surface area contributed by atoms with E-state index in [2.05, 4.69) is 54.5 Å². The Morgan fingerprint density at radius 1 is 1.04 bits per heavy atom. The minimum Gasteiger partial charge on any atom is -0.454 e. The Morgan fingerprint density at radius 3 is 2.62 bits per heavy atom. The number of aryl methyl sites for hydroxylation is 1. The van der Waals surface area contributed by atoms with E-state index in [0.717, 1.165) is 45.5 Å². The zero-order valence-corrected chi connectivity index (χ0v) is 13.3. The van der Waals surface area contributed by atoms with Crippen LogP contribution in [0.25, 0.3) is 27.5 Å². The molecule has 0 fully saturated rings. The molecule has 5 rings (SSSR count). The van der Waals surface area contributed by atoms with Crippen LogP contribution in [0.2, 0.25) is 0 Å². The topological polar surface area (TPSA) is 35.8 Å². The Kier molecular flexibility index (Phi) is 2.80. The molecule has 4 aromatic rings. The molecule has 0 amide bonds. The molecule has 0 bridgehead atoms. The predicted octanol–water partition coefficient (Wildman–Crippen LogP) is 4.45. The molecular formula is C20H16N2O2. The fourth-order valence-electron chi connectivity index (χ4n) is 3.42. The summed E-state index contributed by atoms with van der Waals surface area (Å²) in [6.07, 6.45) is 2.90. The number of rotatable bonds is 2. The maximum Gasteiger partial charge on any atom is 0.231 e. The first-order valence-corrected chi connectivity index (χ1v) is 8.13. The van der Waals surface area contributed by atoms with Crippen molar-refractivity contribution in [2.24, 2.45) is 0 Å². The summed E-state index contributed by atoms with van der Waals surface area (Å²) in [5, 5.41) is 6.94. The number of aromatic nitrogens is 2. The van der Waals surface area contributed by atoms with Crippen molar-refractivity contribution in [3.8, 4) is 22.8 Å². The zero-order valence-electron chi connectivity index (χ0n) is 13.3. The van der Waals surface area contributed by atoms with Crippen LogP contribution in [0.15, 0.2) is 54.7 Å². The maximum atomic E-state index is 5.57. The highest BCUT2D eigenvalue weighted by Gasteiger charge is 2.19. The first kappa shape index (κ1) is 13.4. The van der Waals surface area contributed by atoms with Crippen molar-refractivity contribution in [2.45, 2.75) is 13.3 Å². The van der Waals surface area contributed by atoms with Crippen molar-refractivity contribution < 1.29 is 9.47 Å². The van der Waals surface area contributed by atoms with Gasteiger partial charge >= 0.3 is 0 Å². The predicted molar refractivity (Wildman–Crippen MR) is 93.6 cm³/mol. The van der Waals surface area contributed by atoms with Gasteiger partial charge in [0, 0.05) is 10.9 Å². The van der Waals surface area contributed by atoms with Crippen LogP contribution < -0.4 is 9.47 Å². The molecule has 3 heterocycles. The third-order valence-electron chi connectivity index (χ3n) is 4.62. The molecule has 0 N–H and O–H groups in total. The Balaban J connectivity index is 1.93. The second-order valence-electron chi connectivity index (χ2n) is 5.97. The minimum absolute atomic E-state index is 0.285. The Morgan fingerprint density at radius 2 is 1.83 bits per heavy atom. The van der Waals surface area contributed by atoms with E-state index in [1.54, 1.807) is 0 Å². The SMILES string of the molecule is CCc1cnn2c(-c3ccccc3)cc3cc4c(cc3c12)OCO4. The van der Waals surface area contributed by atoms with Crippen molar-refractivity contribution in [3.05, 3.63) is 60.3 Å². The summed E-state index contributed by atoms with van der Waals surface area (Å²) >= 11 is 0. The summed E-state index contributed by atoms with van der Waals surface area (Å²) in [7, 11) is 0. The van der Waals surface area contributed by atoms with Gasteiger partial charge in [0.2, 0.25) is 6.79 Å². The van der Waals surface area contributed by atoms with Crippen LogP contribution in [0.4, 0.5) is 0 Å². The first-order chi connectivity index (χ1) is 11.8. The minimum atomic E-state index is 0.285. The molecule has 4 heteroatoms. The van der Waals surface area contributed by atoms with E-state index in [9.17, 15) is 0 Å². The highest BCUT2D eigenvalue weighted by molar-refractivity contribution is 6.01. The van der Waals surface area contributed by atoms with Crippen molar-refractivity contribution >= 4 is 16.3 Å². The van der Waals surface area contributed by atoms with Crippen LogP contribution in [0.1, 0.15) is 12.5 Å². The van der Waals surface area contributed by atoms with Crippen molar-refractivity contribution in [3.63, 3.8) is 0 Å². The molecule has 1 aliphatic rings. The Bertz CT molecular complexity index is 1070. The van der Waals surface area contributed by atoms with Crippen LogP contribution in [0.3, 0.4) is 0 Å². The van der Waals surface area contributed by atoms with E-state index in [0.29, 0.717) is 0 Å². The van der Waals surface area contributed by atoms with E-state index in [-0.39, 0.29) is 6.79 Å². The summed E-state index contributed by atoms with van der Waals surface area (Å²) < 4.78 is 13.2. The van der Waals surface area contributed by atoms with Crippen LogP contribution in [0, 0.1) is 0 Å². The van der Waals surface area contributed by atoms with Crippen molar-refractivity contribution in [2.75, 3.05) is 6.79 Å². The summed E-state index contributed by atoms with van der Waals surface area (Å²) in [6.45, 7) is 2.44. The van der Waals surface area contributed by atoms with Crippen LogP contribution >= 0.6 is 0 Å². The van der Waals surface area contributed by atoms with Gasteiger partial charge in [0.15, 0.2) is 11.5 Å². The molecule has 0 spiro atoms. The normalized spacial score (nSPS) is 13.0. The van der Waals surface area contributed by atoms with Gasteiger partial charge in [0.05, 0.1) is 17.4 Å². The summed E-state index contributed by atoms with van der Waals surface area (Å²) in [5.74, 6) is 1.61. The molecule has 2 aromatic heterocycles. The van der Waals surface area contributed by atoms with Gasteiger partial charge in [0.25, 0.3) is 0 Å². The number of hydrogen-bond acceptors (Lipinski definition) is 3. The van der Waals surface area contributed by atoms with E-state index in [4.69, 9.17) is 9.47 Å². The molecule has 0 aliphatic carbocycles. The average molecular weight is 316 g/mol. The van der Waals surface area contributed by atoms with Gasteiger partial charge in [0.1, 0.15) is 0 Å². The second-order valence-corrected chi connectivity index (χ2v) is 5.97. The lowest BCUT2D eigenvalue weighted by Gasteiger charge is -2.11. The highest BCUT2D eigenvalue weighted by Crippen LogP contribution is 2.39. The van der Waals surface area contributed by atoms with Crippen LogP contribution in [0.5, 0.6) is 11.5 Å². The van der Waals surface area contributed by atoms with E-state index in [1.807, 2.05) is 16.8 Å². The number of benzene rings is 2. The lowest BCUT2D eigenvalue weighted by molar-refractivity contribution is 0.174. The molecule has 0 saturated carbocycles. The molecule has 4 nitrogen and oxygen atoms in total. The standard InChI is InChI=1S/C20H16N2O2/c1-2-13-11-21-22-17(14-6-4-3-5-7-14)8-15-9-18-19(24-12-23-18)10-16(15)20(13)22/h3-11H,2,12H2,1H3. The molecular weight excluding hydrogens is 300 g/mol. The quantitative estimate of drug-likeness (QED) is 0.548. The average Bonchev–Trinajstić information content (AvgIpc) is 3.26.